The van der Waals surface area contributed by atoms with Crippen LogP contribution in [0.5, 0.6) is 5.75 Å². The van der Waals surface area contributed by atoms with Gasteiger partial charge in [0, 0.05) is 19.2 Å². The lowest BCUT2D eigenvalue weighted by atomic mass is 9.93. The van der Waals surface area contributed by atoms with Crippen LogP contribution in [0.1, 0.15) is 23.9 Å². The van der Waals surface area contributed by atoms with Crippen LogP contribution in [0.2, 0.25) is 0 Å². The van der Waals surface area contributed by atoms with Crippen molar-refractivity contribution in [2.45, 2.75) is 32.5 Å². The van der Waals surface area contributed by atoms with Gasteiger partial charge in [0.1, 0.15) is 5.75 Å². The summed E-state index contributed by atoms with van der Waals surface area (Å²) in [5.74, 6) is 1.81. The van der Waals surface area contributed by atoms with Crippen LogP contribution in [0.15, 0.2) is 53.1 Å². The Labute approximate surface area is 169 Å². The Hall–Kier alpha value is -3.19. The predicted molar refractivity (Wildman–Crippen MR) is 108 cm³/mol. The number of carbonyl (C=O) groups is 1. The van der Waals surface area contributed by atoms with Crippen LogP contribution in [0.3, 0.4) is 0 Å². The zero-order valence-electron chi connectivity index (χ0n) is 16.6. The lowest BCUT2D eigenvalue weighted by Gasteiger charge is -2.34. The van der Waals surface area contributed by atoms with E-state index in [1.165, 1.54) is 11.1 Å². The molecule has 150 valence electrons. The molecule has 0 saturated carbocycles. The van der Waals surface area contributed by atoms with Crippen molar-refractivity contribution >= 4 is 5.91 Å². The second-order valence-corrected chi connectivity index (χ2v) is 6.98. The van der Waals surface area contributed by atoms with Crippen LogP contribution in [-0.2, 0) is 24.3 Å². The number of fused-ring (bicyclic) bond motifs is 1. The molecule has 1 aromatic heterocycles. The second kappa shape index (κ2) is 8.45. The van der Waals surface area contributed by atoms with E-state index in [9.17, 15) is 4.79 Å². The third kappa shape index (κ3) is 4.14. The molecule has 1 N–H and O–H groups in total. The van der Waals surface area contributed by atoms with Crippen LogP contribution < -0.4 is 10.1 Å². The molecule has 0 fully saturated rings. The van der Waals surface area contributed by atoms with Crippen LogP contribution in [0, 0.1) is 0 Å². The van der Waals surface area contributed by atoms with Gasteiger partial charge in [-0.25, -0.2) is 0 Å². The van der Waals surface area contributed by atoms with Crippen LogP contribution in [-0.4, -0.2) is 40.6 Å². The summed E-state index contributed by atoms with van der Waals surface area (Å²) >= 11 is 0. The topological polar surface area (TPSA) is 80.5 Å². The maximum absolute atomic E-state index is 12.5. The van der Waals surface area contributed by atoms with E-state index in [-0.39, 0.29) is 11.9 Å². The summed E-state index contributed by atoms with van der Waals surface area (Å²) in [6.07, 6.45) is 0.662. The lowest BCUT2D eigenvalue weighted by Crippen LogP contribution is -2.49. The molecule has 1 aliphatic heterocycles. The number of nitrogens with zero attached hydrogens (tertiary/aromatic N) is 3. The first-order chi connectivity index (χ1) is 14.2. The average Bonchev–Trinajstić information content (AvgIpc) is 3.22. The number of likely N-dealkylation sites (N-methyl/N-ethyl adjacent to an activating group) is 1. The van der Waals surface area contributed by atoms with E-state index < -0.39 is 0 Å². The van der Waals surface area contributed by atoms with E-state index in [1.807, 2.05) is 43.3 Å². The third-order valence-corrected chi connectivity index (χ3v) is 5.12. The molecule has 3 aromatic rings. The number of ether oxygens (including phenoxy) is 1. The first-order valence-electron chi connectivity index (χ1n) is 9.76. The van der Waals surface area contributed by atoms with E-state index in [4.69, 9.17) is 9.26 Å². The lowest BCUT2D eigenvalue weighted by molar-refractivity contribution is -0.127. The molecule has 0 bridgehead atoms. The Bertz CT molecular complexity index is 984. The Kier molecular flexibility index (Phi) is 5.57. The Balaban J connectivity index is 1.52. The summed E-state index contributed by atoms with van der Waals surface area (Å²) < 4.78 is 11.0. The summed E-state index contributed by atoms with van der Waals surface area (Å²) in [5, 5.41) is 6.88. The van der Waals surface area contributed by atoms with Crippen molar-refractivity contribution in [2.75, 3.05) is 13.7 Å². The summed E-state index contributed by atoms with van der Waals surface area (Å²) in [7, 11) is 1.66. The van der Waals surface area contributed by atoms with E-state index in [0.717, 1.165) is 11.3 Å². The molecule has 1 atom stereocenters. The molecule has 0 spiro atoms. The number of hydrogen-bond acceptors (Lipinski definition) is 6. The first kappa shape index (κ1) is 19.1. The number of aromatic nitrogens is 2. The second-order valence-electron chi connectivity index (χ2n) is 6.98. The van der Waals surface area contributed by atoms with Crippen molar-refractivity contribution in [1.29, 1.82) is 0 Å². The Morgan fingerprint density at radius 2 is 1.97 bits per heavy atom. The molecule has 1 amide bonds. The van der Waals surface area contributed by atoms with Crippen LogP contribution >= 0.6 is 0 Å². The van der Waals surface area contributed by atoms with Crippen molar-refractivity contribution in [3.8, 4) is 17.1 Å². The monoisotopic (exact) mass is 392 g/mol. The fraction of sp³-hybridized carbons (Fsp3) is 0.318. The largest absolute Gasteiger partial charge is 0.494 e. The van der Waals surface area contributed by atoms with Crippen molar-refractivity contribution in [3.05, 3.63) is 65.5 Å². The molecule has 2 heterocycles. The van der Waals surface area contributed by atoms with Crippen molar-refractivity contribution in [2.24, 2.45) is 0 Å². The number of hydrogen-bond donors (Lipinski definition) is 1. The van der Waals surface area contributed by atoms with Gasteiger partial charge in [-0.1, -0.05) is 29.4 Å². The van der Waals surface area contributed by atoms with Gasteiger partial charge < -0.3 is 14.6 Å². The highest BCUT2D eigenvalue weighted by Gasteiger charge is 2.32. The Morgan fingerprint density at radius 1 is 1.21 bits per heavy atom. The van der Waals surface area contributed by atoms with Gasteiger partial charge in [0.15, 0.2) is 0 Å². The number of benzene rings is 2. The molecule has 7 nitrogen and oxygen atoms in total. The minimum absolute atomic E-state index is 0.00856. The molecule has 4 rings (SSSR count). The molecule has 0 saturated heterocycles. The SMILES string of the molecule is CCOc1ccc(-c2noc(CN3Cc4ccccc4C[C@H]3C(=O)NC)n2)cc1. The molecule has 0 aliphatic carbocycles. The van der Waals surface area contributed by atoms with E-state index in [0.29, 0.717) is 37.8 Å². The fourth-order valence-corrected chi connectivity index (χ4v) is 3.65. The molecule has 0 unspecified atom stereocenters. The summed E-state index contributed by atoms with van der Waals surface area (Å²) in [6.45, 7) is 3.65. The normalized spacial score (nSPS) is 16.3. The summed E-state index contributed by atoms with van der Waals surface area (Å²) in [4.78, 5) is 19.1. The van der Waals surface area contributed by atoms with Gasteiger partial charge in [-0.3, -0.25) is 9.69 Å². The van der Waals surface area contributed by atoms with Gasteiger partial charge in [0.2, 0.25) is 17.6 Å². The minimum atomic E-state index is -0.268. The Morgan fingerprint density at radius 3 is 2.69 bits per heavy atom. The van der Waals surface area contributed by atoms with Gasteiger partial charge in [-0.2, -0.15) is 4.98 Å². The van der Waals surface area contributed by atoms with Crippen LogP contribution in [0.4, 0.5) is 0 Å². The van der Waals surface area contributed by atoms with Gasteiger partial charge in [0.25, 0.3) is 0 Å². The number of nitrogens with one attached hydrogen (secondary N) is 1. The number of rotatable bonds is 6. The molecule has 0 radical (unpaired) electrons. The summed E-state index contributed by atoms with van der Waals surface area (Å²) in [5.41, 5.74) is 3.28. The van der Waals surface area contributed by atoms with E-state index in [1.54, 1.807) is 7.05 Å². The third-order valence-electron chi connectivity index (χ3n) is 5.12. The highest BCUT2D eigenvalue weighted by Crippen LogP contribution is 2.26. The van der Waals surface area contributed by atoms with Gasteiger partial charge in [0.05, 0.1) is 19.2 Å². The quantitative estimate of drug-likeness (QED) is 0.695. The van der Waals surface area contributed by atoms with Crippen molar-refractivity contribution in [1.82, 2.24) is 20.4 Å². The molecule has 2 aromatic carbocycles. The standard InChI is InChI=1S/C22H24N4O3/c1-3-28-18-10-8-15(9-11-18)21-24-20(29-25-21)14-26-13-17-7-5-4-6-16(17)12-19(26)22(27)23-2/h4-11,19H,3,12-14H2,1-2H3,(H,23,27)/t19-/m0/s1. The van der Waals surface area contributed by atoms with Gasteiger partial charge in [-0.05, 0) is 48.7 Å². The van der Waals surface area contributed by atoms with E-state index in [2.05, 4.69) is 32.5 Å². The average molecular weight is 392 g/mol. The molecule has 29 heavy (non-hydrogen) atoms. The molecular weight excluding hydrogens is 368 g/mol. The maximum Gasteiger partial charge on any atom is 0.241 e. The molecule has 7 heteroatoms. The molecule has 1 aliphatic rings. The van der Waals surface area contributed by atoms with Crippen LogP contribution in [0.25, 0.3) is 11.4 Å². The zero-order chi connectivity index (χ0) is 20.2. The number of carbonyl (C=O) groups excluding carboxylic acids is 1. The van der Waals surface area contributed by atoms with Crippen molar-refractivity contribution in [3.63, 3.8) is 0 Å². The highest BCUT2D eigenvalue weighted by atomic mass is 16.5. The zero-order valence-corrected chi connectivity index (χ0v) is 16.6. The van der Waals surface area contributed by atoms with Crippen molar-refractivity contribution < 1.29 is 14.1 Å². The van der Waals surface area contributed by atoms with Gasteiger partial charge in [-0.15, -0.1) is 0 Å². The minimum Gasteiger partial charge on any atom is -0.494 e. The highest BCUT2D eigenvalue weighted by molar-refractivity contribution is 5.82. The molecular formula is C22H24N4O3. The fourth-order valence-electron chi connectivity index (χ4n) is 3.65. The smallest absolute Gasteiger partial charge is 0.241 e. The predicted octanol–water partition coefficient (Wildman–Crippen LogP) is 2.81. The maximum atomic E-state index is 12.5. The first-order valence-corrected chi connectivity index (χ1v) is 9.76. The van der Waals surface area contributed by atoms with E-state index >= 15 is 0 Å². The van der Waals surface area contributed by atoms with Gasteiger partial charge >= 0.3 is 0 Å². The number of amides is 1. The summed E-state index contributed by atoms with van der Waals surface area (Å²) in [6, 6.07) is 15.5.